The molecule has 0 saturated carbocycles. The number of aromatic nitrogens is 1. The molecule has 2 aromatic rings. The van der Waals surface area contributed by atoms with E-state index in [4.69, 9.17) is 15.1 Å². The number of hydrogen-bond donors (Lipinski definition) is 2. The van der Waals surface area contributed by atoms with Crippen LogP contribution in [0.4, 0.5) is 4.39 Å². The van der Waals surface area contributed by atoms with Gasteiger partial charge in [-0.2, -0.15) is 0 Å². The van der Waals surface area contributed by atoms with Crippen molar-refractivity contribution in [2.24, 2.45) is 5.84 Å². The molecule has 0 fully saturated rings. The minimum absolute atomic E-state index is 0.0620. The Labute approximate surface area is 108 Å². The van der Waals surface area contributed by atoms with Gasteiger partial charge in [0.15, 0.2) is 11.5 Å². The van der Waals surface area contributed by atoms with Crippen LogP contribution in [-0.2, 0) is 18.0 Å². The second-order valence-electron chi connectivity index (χ2n) is 3.74. The Balaban J connectivity index is 1.88. The molecule has 1 heterocycles. The maximum atomic E-state index is 13.3. The first-order valence-electron chi connectivity index (χ1n) is 5.48. The molecule has 2 rings (SSSR count). The standard InChI is InChI=1S/C12H12FN3O3/c13-10-4-2-1-3-8(10)6-18-7-9-5-11(16-19-9)12(17)15-14/h1-5H,6-7,14H2,(H,15,17). The number of benzene rings is 1. The molecule has 0 aliphatic heterocycles. The third-order valence-corrected chi connectivity index (χ3v) is 2.38. The van der Waals surface area contributed by atoms with Crippen molar-refractivity contribution < 1.29 is 18.4 Å². The van der Waals surface area contributed by atoms with E-state index in [1.807, 2.05) is 5.43 Å². The number of ether oxygens (including phenoxy) is 1. The molecule has 0 bridgehead atoms. The maximum absolute atomic E-state index is 13.3. The summed E-state index contributed by atoms with van der Waals surface area (Å²) in [4.78, 5) is 11.1. The van der Waals surface area contributed by atoms with E-state index in [0.717, 1.165) is 0 Å². The van der Waals surface area contributed by atoms with Crippen molar-refractivity contribution in [2.75, 3.05) is 0 Å². The Hall–Kier alpha value is -2.25. The van der Waals surface area contributed by atoms with Crippen molar-refractivity contribution >= 4 is 5.91 Å². The van der Waals surface area contributed by atoms with E-state index in [1.54, 1.807) is 18.2 Å². The molecule has 1 aromatic carbocycles. The zero-order chi connectivity index (χ0) is 13.7. The van der Waals surface area contributed by atoms with Crippen LogP contribution in [0.25, 0.3) is 0 Å². The molecule has 0 aliphatic rings. The molecule has 0 aliphatic carbocycles. The molecule has 7 heteroatoms. The van der Waals surface area contributed by atoms with Gasteiger partial charge in [-0.15, -0.1) is 0 Å². The van der Waals surface area contributed by atoms with Crippen LogP contribution < -0.4 is 11.3 Å². The molecule has 0 spiro atoms. The van der Waals surface area contributed by atoms with Crippen LogP contribution in [0.1, 0.15) is 21.8 Å². The molecule has 0 saturated heterocycles. The van der Waals surface area contributed by atoms with E-state index < -0.39 is 5.91 Å². The molecular formula is C12H12FN3O3. The Kier molecular flexibility index (Phi) is 4.22. The number of carbonyl (C=O) groups is 1. The molecule has 3 N–H and O–H groups in total. The normalized spacial score (nSPS) is 10.4. The fourth-order valence-corrected chi connectivity index (χ4v) is 1.44. The second kappa shape index (κ2) is 6.07. The molecule has 19 heavy (non-hydrogen) atoms. The highest BCUT2D eigenvalue weighted by atomic mass is 19.1. The van der Waals surface area contributed by atoms with Crippen LogP contribution in [-0.4, -0.2) is 11.1 Å². The van der Waals surface area contributed by atoms with Gasteiger partial charge in [-0.1, -0.05) is 23.4 Å². The number of amides is 1. The molecule has 0 unspecified atom stereocenters. The quantitative estimate of drug-likeness (QED) is 0.480. The molecule has 100 valence electrons. The Morgan fingerprint density at radius 3 is 2.95 bits per heavy atom. The van der Waals surface area contributed by atoms with Crippen molar-refractivity contribution in [3.05, 3.63) is 53.2 Å². The van der Waals surface area contributed by atoms with Crippen LogP contribution in [0.15, 0.2) is 34.9 Å². The zero-order valence-electron chi connectivity index (χ0n) is 9.93. The third-order valence-electron chi connectivity index (χ3n) is 2.38. The average Bonchev–Trinajstić information content (AvgIpc) is 2.89. The molecule has 1 aromatic heterocycles. The van der Waals surface area contributed by atoms with Crippen molar-refractivity contribution in [1.82, 2.24) is 10.6 Å². The first kappa shape index (κ1) is 13.2. The molecule has 0 radical (unpaired) electrons. The van der Waals surface area contributed by atoms with Crippen molar-refractivity contribution in [3.8, 4) is 0 Å². The number of hydrazine groups is 1. The van der Waals surface area contributed by atoms with Crippen LogP contribution in [0.2, 0.25) is 0 Å². The number of halogens is 1. The van der Waals surface area contributed by atoms with Crippen LogP contribution in [0.5, 0.6) is 0 Å². The predicted molar refractivity (Wildman–Crippen MR) is 63.0 cm³/mol. The molecule has 1 amide bonds. The van der Waals surface area contributed by atoms with Crippen LogP contribution >= 0.6 is 0 Å². The number of nitrogens with zero attached hydrogens (tertiary/aromatic N) is 1. The van der Waals surface area contributed by atoms with Crippen molar-refractivity contribution in [3.63, 3.8) is 0 Å². The SMILES string of the molecule is NNC(=O)c1cc(COCc2ccccc2F)on1. The second-order valence-corrected chi connectivity index (χ2v) is 3.74. The first-order chi connectivity index (χ1) is 9.20. The van der Waals surface area contributed by atoms with Gasteiger partial charge in [-0.25, -0.2) is 10.2 Å². The van der Waals surface area contributed by atoms with Crippen LogP contribution in [0.3, 0.4) is 0 Å². The van der Waals surface area contributed by atoms with E-state index in [1.165, 1.54) is 12.1 Å². The highest BCUT2D eigenvalue weighted by Gasteiger charge is 2.11. The summed E-state index contributed by atoms with van der Waals surface area (Å²) >= 11 is 0. The zero-order valence-corrected chi connectivity index (χ0v) is 9.93. The highest BCUT2D eigenvalue weighted by Crippen LogP contribution is 2.10. The molecule has 6 nitrogen and oxygen atoms in total. The maximum Gasteiger partial charge on any atom is 0.287 e. The number of hydrogen-bond acceptors (Lipinski definition) is 5. The molecule has 0 atom stereocenters. The molecular weight excluding hydrogens is 253 g/mol. The Morgan fingerprint density at radius 2 is 2.21 bits per heavy atom. The largest absolute Gasteiger partial charge is 0.369 e. The van der Waals surface area contributed by atoms with Gasteiger partial charge in [0.2, 0.25) is 0 Å². The van der Waals surface area contributed by atoms with E-state index in [-0.39, 0.29) is 24.7 Å². The highest BCUT2D eigenvalue weighted by molar-refractivity contribution is 5.91. The Morgan fingerprint density at radius 1 is 1.42 bits per heavy atom. The number of rotatable bonds is 5. The average molecular weight is 265 g/mol. The van der Waals surface area contributed by atoms with Gasteiger partial charge in [0.05, 0.1) is 6.61 Å². The summed E-state index contributed by atoms with van der Waals surface area (Å²) in [5.74, 6) is 4.43. The minimum Gasteiger partial charge on any atom is -0.369 e. The lowest BCUT2D eigenvalue weighted by Gasteiger charge is -2.02. The summed E-state index contributed by atoms with van der Waals surface area (Å²) in [7, 11) is 0. The van der Waals surface area contributed by atoms with Crippen molar-refractivity contribution in [1.29, 1.82) is 0 Å². The van der Waals surface area contributed by atoms with Crippen LogP contribution in [0, 0.1) is 5.82 Å². The topological polar surface area (TPSA) is 90.4 Å². The van der Waals surface area contributed by atoms with Gasteiger partial charge in [0.1, 0.15) is 12.4 Å². The van der Waals surface area contributed by atoms with Gasteiger partial charge in [0, 0.05) is 11.6 Å². The van der Waals surface area contributed by atoms with E-state index in [9.17, 15) is 9.18 Å². The lowest BCUT2D eigenvalue weighted by molar-refractivity contribution is 0.0859. The summed E-state index contributed by atoms with van der Waals surface area (Å²) < 4.78 is 23.4. The predicted octanol–water partition coefficient (Wildman–Crippen LogP) is 1.13. The Bertz CT molecular complexity index is 571. The lowest BCUT2D eigenvalue weighted by atomic mass is 10.2. The summed E-state index contributed by atoms with van der Waals surface area (Å²) in [6.45, 7) is 0.185. The van der Waals surface area contributed by atoms with Gasteiger partial charge in [0.25, 0.3) is 5.91 Å². The van der Waals surface area contributed by atoms with Gasteiger partial charge in [-0.05, 0) is 6.07 Å². The summed E-state index contributed by atoms with van der Waals surface area (Å²) in [5, 5.41) is 3.51. The smallest absolute Gasteiger partial charge is 0.287 e. The van der Waals surface area contributed by atoms with E-state index in [2.05, 4.69) is 5.16 Å². The monoisotopic (exact) mass is 265 g/mol. The van der Waals surface area contributed by atoms with E-state index >= 15 is 0 Å². The van der Waals surface area contributed by atoms with Gasteiger partial charge < -0.3 is 9.26 Å². The summed E-state index contributed by atoms with van der Waals surface area (Å²) in [6.07, 6.45) is 0. The van der Waals surface area contributed by atoms with Gasteiger partial charge >= 0.3 is 0 Å². The number of nitrogen functional groups attached to an aromatic ring is 1. The van der Waals surface area contributed by atoms with Gasteiger partial charge in [-0.3, -0.25) is 10.2 Å². The lowest BCUT2D eigenvalue weighted by Crippen LogP contribution is -2.30. The fraction of sp³-hybridized carbons (Fsp3) is 0.167. The third kappa shape index (κ3) is 3.36. The minimum atomic E-state index is -0.552. The number of carbonyl (C=O) groups excluding carboxylic acids is 1. The number of nitrogens with two attached hydrogens (primary N) is 1. The van der Waals surface area contributed by atoms with E-state index in [0.29, 0.717) is 11.3 Å². The number of nitrogens with one attached hydrogen (secondary N) is 1. The summed E-state index contributed by atoms with van der Waals surface area (Å²) in [5.41, 5.74) is 2.44. The van der Waals surface area contributed by atoms with Crippen molar-refractivity contribution in [2.45, 2.75) is 13.2 Å². The summed E-state index contributed by atoms with van der Waals surface area (Å²) in [6, 6.07) is 7.72. The first-order valence-corrected chi connectivity index (χ1v) is 5.48. The fourth-order valence-electron chi connectivity index (χ4n) is 1.44.